The number of allylic oxidation sites excluding steroid dienone is 1. The SMILES string of the molecule is CCC[CH2][Sn]([CH2]/C=C/c1cn(S(=O)(=O)CC[Si](C)(C)C)c2ccccc12)([CH2]CCC)[CH2]CCC. The number of aromatic nitrogens is 1. The molecule has 0 spiro atoms. The van der Waals surface area contributed by atoms with E-state index in [0.29, 0.717) is 0 Å². The summed E-state index contributed by atoms with van der Waals surface area (Å²) in [6.45, 7) is 13.7. The Hall–Kier alpha value is -0.534. The summed E-state index contributed by atoms with van der Waals surface area (Å²) in [4.78, 5) is 0. The number of para-hydroxylation sites is 1. The van der Waals surface area contributed by atoms with Crippen molar-refractivity contribution in [1.29, 1.82) is 0 Å². The van der Waals surface area contributed by atoms with Gasteiger partial charge < -0.3 is 0 Å². The molecule has 192 valence electrons. The molecule has 0 fully saturated rings. The van der Waals surface area contributed by atoms with Crippen LogP contribution in [0.15, 0.2) is 36.5 Å². The number of hydrogen-bond donors (Lipinski definition) is 0. The number of rotatable bonds is 16. The zero-order valence-electron chi connectivity index (χ0n) is 22.7. The van der Waals surface area contributed by atoms with Crippen LogP contribution in [0.3, 0.4) is 0 Å². The fourth-order valence-electron chi connectivity index (χ4n) is 4.84. The molecule has 0 N–H and O–H groups in total. The summed E-state index contributed by atoms with van der Waals surface area (Å²) in [6, 6.07) is 8.78. The van der Waals surface area contributed by atoms with E-state index in [-0.39, 0.29) is 5.75 Å². The first-order valence-electron chi connectivity index (χ1n) is 13.6. The maximum atomic E-state index is 13.3. The second kappa shape index (κ2) is 13.7. The predicted molar refractivity (Wildman–Crippen MR) is 158 cm³/mol. The predicted octanol–water partition coefficient (Wildman–Crippen LogP) is 9.02. The Morgan fingerprint density at radius 2 is 1.47 bits per heavy atom. The van der Waals surface area contributed by atoms with Gasteiger partial charge in [0.2, 0.25) is 0 Å². The van der Waals surface area contributed by atoms with E-state index >= 15 is 0 Å². The summed E-state index contributed by atoms with van der Waals surface area (Å²) >= 11 is -2.23. The molecule has 6 heteroatoms. The van der Waals surface area contributed by atoms with Gasteiger partial charge in [-0.15, -0.1) is 0 Å². The molecule has 0 bridgehead atoms. The van der Waals surface area contributed by atoms with Gasteiger partial charge >= 0.3 is 216 Å². The maximum absolute atomic E-state index is 13.3. The van der Waals surface area contributed by atoms with E-state index in [0.717, 1.165) is 22.5 Å². The molecule has 2 aromatic rings. The van der Waals surface area contributed by atoms with Gasteiger partial charge in [-0.05, 0) is 0 Å². The average molecular weight is 611 g/mol. The quantitative estimate of drug-likeness (QED) is 0.178. The van der Waals surface area contributed by atoms with Gasteiger partial charge in [-0.2, -0.15) is 0 Å². The summed E-state index contributed by atoms with van der Waals surface area (Å²) in [7, 11) is -4.79. The van der Waals surface area contributed by atoms with Crippen molar-refractivity contribution in [1.82, 2.24) is 3.97 Å². The molecule has 0 atom stereocenters. The van der Waals surface area contributed by atoms with Crippen LogP contribution in [0, 0.1) is 0 Å². The summed E-state index contributed by atoms with van der Waals surface area (Å²) in [5.74, 6) is 0.231. The number of fused-ring (bicyclic) bond motifs is 1. The molecule has 0 amide bonds. The van der Waals surface area contributed by atoms with Crippen LogP contribution in [0.25, 0.3) is 17.0 Å². The van der Waals surface area contributed by atoms with Crippen LogP contribution in [-0.4, -0.2) is 44.6 Å². The second-order valence-electron chi connectivity index (χ2n) is 11.4. The molecule has 0 saturated heterocycles. The first-order chi connectivity index (χ1) is 16.1. The Labute approximate surface area is 215 Å². The van der Waals surface area contributed by atoms with Crippen molar-refractivity contribution >= 4 is 53.5 Å². The third-order valence-electron chi connectivity index (χ3n) is 7.15. The third kappa shape index (κ3) is 8.84. The number of benzene rings is 1. The van der Waals surface area contributed by atoms with Gasteiger partial charge in [0.05, 0.1) is 0 Å². The van der Waals surface area contributed by atoms with E-state index in [1.807, 2.05) is 24.4 Å². The molecule has 1 aromatic heterocycles. The summed E-state index contributed by atoms with van der Waals surface area (Å²) in [5.41, 5.74) is 1.87. The Bertz CT molecular complexity index is 999. The second-order valence-corrected chi connectivity index (χ2v) is 33.0. The summed E-state index contributed by atoms with van der Waals surface area (Å²) in [5, 5.41) is 1.05. The average Bonchev–Trinajstić information content (AvgIpc) is 3.18. The molecule has 34 heavy (non-hydrogen) atoms. The minimum absolute atomic E-state index is 0.231. The van der Waals surface area contributed by atoms with Crippen LogP contribution in [0.5, 0.6) is 0 Å². The first kappa shape index (κ1) is 29.7. The number of unbranched alkanes of at least 4 members (excludes halogenated alkanes) is 3. The van der Waals surface area contributed by atoms with E-state index in [1.165, 1.54) is 56.3 Å². The van der Waals surface area contributed by atoms with Crippen molar-refractivity contribution in [3.63, 3.8) is 0 Å². The van der Waals surface area contributed by atoms with Crippen molar-refractivity contribution in [2.45, 2.75) is 103 Å². The molecule has 0 unspecified atom stereocenters. The van der Waals surface area contributed by atoms with Crippen LogP contribution in [-0.2, 0) is 10.0 Å². The topological polar surface area (TPSA) is 39.1 Å². The zero-order chi connectivity index (χ0) is 25.2. The van der Waals surface area contributed by atoms with Gasteiger partial charge in [-0.1, -0.05) is 0 Å². The van der Waals surface area contributed by atoms with Gasteiger partial charge in [-0.3, -0.25) is 0 Å². The number of nitrogens with zero attached hydrogens (tertiary/aromatic N) is 1. The molecular formula is C28H49NO2SSiSn. The molecule has 0 aliphatic carbocycles. The van der Waals surface area contributed by atoms with Crippen LogP contribution < -0.4 is 0 Å². The van der Waals surface area contributed by atoms with Gasteiger partial charge in [0, 0.05) is 0 Å². The van der Waals surface area contributed by atoms with Gasteiger partial charge in [0.25, 0.3) is 0 Å². The van der Waals surface area contributed by atoms with Crippen molar-refractivity contribution in [3.8, 4) is 0 Å². The van der Waals surface area contributed by atoms with E-state index < -0.39 is 36.5 Å². The van der Waals surface area contributed by atoms with Crippen molar-refractivity contribution in [2.75, 3.05) is 5.75 Å². The normalized spacial score (nSPS) is 13.4. The Morgan fingerprint density at radius 3 is 2.00 bits per heavy atom. The molecule has 0 radical (unpaired) electrons. The van der Waals surface area contributed by atoms with Crippen molar-refractivity contribution < 1.29 is 8.42 Å². The third-order valence-corrected chi connectivity index (χ3v) is 26.1. The standard InChI is InChI=1S/C16H22NO2SSi.3C4H9.Sn/c1-5-8-14-13-17(16-10-7-6-9-15(14)16)20(18,19)11-12-21(2,3)4;3*1-3-4-2;/h5-10,13H,1,11-12H2,2-4H3;3*1,3-4H2,2H3;/b8-5+;;;;. The van der Waals surface area contributed by atoms with Crippen LogP contribution in [0.4, 0.5) is 0 Å². The monoisotopic (exact) mass is 611 g/mol. The van der Waals surface area contributed by atoms with Crippen LogP contribution in [0.1, 0.15) is 64.9 Å². The minimum atomic E-state index is -3.36. The first-order valence-corrected chi connectivity index (χ1v) is 27.0. The van der Waals surface area contributed by atoms with Gasteiger partial charge in [0.1, 0.15) is 0 Å². The van der Waals surface area contributed by atoms with Crippen LogP contribution >= 0.6 is 0 Å². The molecular weight excluding hydrogens is 561 g/mol. The fraction of sp³-hybridized carbons (Fsp3) is 0.643. The summed E-state index contributed by atoms with van der Waals surface area (Å²) in [6.07, 6.45) is 14.6. The fourth-order valence-corrected chi connectivity index (χ4v) is 24.4. The van der Waals surface area contributed by atoms with E-state index in [2.05, 4.69) is 58.6 Å². The van der Waals surface area contributed by atoms with Crippen molar-refractivity contribution in [2.24, 2.45) is 0 Å². The molecule has 3 nitrogen and oxygen atoms in total. The molecule has 0 saturated carbocycles. The molecule has 1 aromatic carbocycles. The Kier molecular flexibility index (Phi) is 12.0. The molecule has 0 aliphatic rings. The molecule has 2 rings (SSSR count). The number of hydrogen-bond acceptors (Lipinski definition) is 2. The summed E-state index contributed by atoms with van der Waals surface area (Å²) < 4.78 is 33.9. The van der Waals surface area contributed by atoms with Gasteiger partial charge in [0.15, 0.2) is 0 Å². The van der Waals surface area contributed by atoms with E-state index in [1.54, 1.807) is 3.97 Å². The zero-order valence-corrected chi connectivity index (χ0v) is 27.4. The van der Waals surface area contributed by atoms with Crippen molar-refractivity contribution in [3.05, 3.63) is 42.1 Å². The Morgan fingerprint density at radius 1 is 0.912 bits per heavy atom. The molecule has 1 heterocycles. The molecule has 0 aliphatic heterocycles. The van der Waals surface area contributed by atoms with Gasteiger partial charge in [-0.25, -0.2) is 0 Å². The van der Waals surface area contributed by atoms with E-state index in [9.17, 15) is 8.42 Å². The Balaban J connectivity index is 2.35. The van der Waals surface area contributed by atoms with Crippen LogP contribution in [0.2, 0.25) is 43.4 Å². The van der Waals surface area contributed by atoms with E-state index in [4.69, 9.17) is 0 Å².